The zero-order valence-corrected chi connectivity index (χ0v) is 21.8. The van der Waals surface area contributed by atoms with E-state index in [1.807, 2.05) is 26.0 Å². The number of alkyl halides is 3. The van der Waals surface area contributed by atoms with E-state index in [1.54, 1.807) is 18.5 Å². The zero-order valence-electron chi connectivity index (χ0n) is 20.3. The van der Waals surface area contributed by atoms with Crippen molar-refractivity contribution in [3.8, 4) is 0 Å². The number of piperidine rings is 1. The maximum atomic E-state index is 13.3. The third-order valence-corrected chi connectivity index (χ3v) is 8.00. The molecule has 1 aromatic heterocycles. The molecule has 4 nitrogen and oxygen atoms in total. The van der Waals surface area contributed by atoms with Crippen LogP contribution in [0.15, 0.2) is 24.3 Å². The number of fused-ring (bicyclic) bond motifs is 1. The normalized spacial score (nSPS) is 16.4. The summed E-state index contributed by atoms with van der Waals surface area (Å²) in [5.74, 6) is 0.864. The first-order valence-electron chi connectivity index (χ1n) is 11.7. The molecule has 0 aliphatic carbocycles. The minimum atomic E-state index is -4.42. The van der Waals surface area contributed by atoms with Gasteiger partial charge in [0.25, 0.3) is 0 Å². The molecule has 190 valence electrons. The molecule has 0 saturated carbocycles. The second kappa shape index (κ2) is 9.58. The van der Waals surface area contributed by atoms with Gasteiger partial charge in [0.1, 0.15) is 5.82 Å². The second-order valence-electron chi connectivity index (χ2n) is 10.1. The van der Waals surface area contributed by atoms with E-state index < -0.39 is 17.3 Å². The Kier molecular flexibility index (Phi) is 7.19. The van der Waals surface area contributed by atoms with Crippen LogP contribution >= 0.6 is 23.2 Å². The first-order valence-corrected chi connectivity index (χ1v) is 12.4. The lowest BCUT2D eigenvalue weighted by molar-refractivity contribution is -0.137. The number of likely N-dealkylation sites (tertiary alicyclic amines) is 1. The summed E-state index contributed by atoms with van der Waals surface area (Å²) in [6.07, 6.45) is -2.29. The van der Waals surface area contributed by atoms with Crippen molar-refractivity contribution in [2.45, 2.75) is 58.4 Å². The maximum absolute atomic E-state index is 13.3. The summed E-state index contributed by atoms with van der Waals surface area (Å²) >= 11 is 13.3. The van der Waals surface area contributed by atoms with E-state index in [0.717, 1.165) is 43.6 Å². The number of hydrogen-bond donors (Lipinski definition) is 1. The summed E-state index contributed by atoms with van der Waals surface area (Å²) in [5.41, 5.74) is 1.72. The molecule has 1 fully saturated rings. The van der Waals surface area contributed by atoms with Gasteiger partial charge in [-0.3, -0.25) is 4.90 Å². The highest BCUT2D eigenvalue weighted by molar-refractivity contribution is 6.36. The number of aryl methyl sites for hydroxylation is 2. The number of benzene rings is 2. The lowest BCUT2D eigenvalue weighted by Crippen LogP contribution is -2.41. The van der Waals surface area contributed by atoms with Gasteiger partial charge in [-0.05, 0) is 87.5 Å². The molecule has 2 aromatic carbocycles. The van der Waals surface area contributed by atoms with Crippen molar-refractivity contribution in [3.05, 3.63) is 62.4 Å². The largest absolute Gasteiger partial charge is 0.416 e. The Balaban J connectivity index is 1.59. The highest BCUT2D eigenvalue weighted by Gasteiger charge is 2.32. The summed E-state index contributed by atoms with van der Waals surface area (Å²) in [6.45, 7) is 7.77. The monoisotopic (exact) mass is 527 g/mol. The Hall–Kier alpha value is -1.80. The van der Waals surface area contributed by atoms with Gasteiger partial charge in [-0.25, -0.2) is 4.98 Å². The SMILES string of the molecule is Cc1cc(C(F)(F)F)cc2c1nc(Cc1c(Cl)ccc(CN3CCC(C(C)(C)O)CC3)c1Cl)n2C. The molecule has 0 spiro atoms. The molecule has 1 aliphatic rings. The molecule has 0 atom stereocenters. The Morgan fingerprint density at radius 3 is 2.37 bits per heavy atom. The predicted molar refractivity (Wildman–Crippen MR) is 134 cm³/mol. The minimum absolute atomic E-state index is 0.272. The molecule has 1 saturated heterocycles. The topological polar surface area (TPSA) is 41.3 Å². The van der Waals surface area contributed by atoms with E-state index in [1.165, 1.54) is 0 Å². The molecule has 0 amide bonds. The minimum Gasteiger partial charge on any atom is -0.390 e. The standard InChI is InChI=1S/C26H30Cl2F3N3O/c1-15-11-18(26(29,30)31)12-21-24(15)32-22(33(21)4)13-19-20(27)6-5-16(23(19)28)14-34-9-7-17(8-10-34)25(2,3)35/h5-6,11-12,17,35H,7-10,13-14H2,1-4H3. The number of nitrogens with zero attached hydrogens (tertiary/aromatic N) is 3. The smallest absolute Gasteiger partial charge is 0.390 e. The van der Waals surface area contributed by atoms with Crippen LogP contribution in [0.1, 0.15) is 54.8 Å². The maximum Gasteiger partial charge on any atom is 0.416 e. The van der Waals surface area contributed by atoms with Gasteiger partial charge < -0.3 is 9.67 Å². The summed E-state index contributed by atoms with van der Waals surface area (Å²) in [7, 11) is 1.71. The molecule has 0 bridgehead atoms. The van der Waals surface area contributed by atoms with Crippen LogP contribution in [0.3, 0.4) is 0 Å². The Morgan fingerprint density at radius 1 is 1.11 bits per heavy atom. The number of aliphatic hydroxyl groups is 1. The third-order valence-electron chi connectivity index (χ3n) is 7.18. The van der Waals surface area contributed by atoms with Gasteiger partial charge in [0, 0.05) is 25.0 Å². The third kappa shape index (κ3) is 5.48. The van der Waals surface area contributed by atoms with Crippen LogP contribution in [0.4, 0.5) is 13.2 Å². The van der Waals surface area contributed by atoms with Gasteiger partial charge >= 0.3 is 6.18 Å². The van der Waals surface area contributed by atoms with Crippen LogP contribution in [-0.4, -0.2) is 38.2 Å². The van der Waals surface area contributed by atoms with Crippen molar-refractivity contribution in [2.75, 3.05) is 13.1 Å². The summed E-state index contributed by atoms with van der Waals surface area (Å²) in [5, 5.41) is 11.4. The van der Waals surface area contributed by atoms with Crippen molar-refractivity contribution >= 4 is 34.2 Å². The van der Waals surface area contributed by atoms with Crippen LogP contribution in [0.2, 0.25) is 10.0 Å². The van der Waals surface area contributed by atoms with Crippen molar-refractivity contribution in [2.24, 2.45) is 13.0 Å². The highest BCUT2D eigenvalue weighted by atomic mass is 35.5. The van der Waals surface area contributed by atoms with Crippen molar-refractivity contribution < 1.29 is 18.3 Å². The van der Waals surface area contributed by atoms with Gasteiger partial charge in [0.15, 0.2) is 0 Å². The van der Waals surface area contributed by atoms with Crippen molar-refractivity contribution in [1.82, 2.24) is 14.5 Å². The Bertz CT molecular complexity index is 1240. The Labute approximate surface area is 213 Å². The van der Waals surface area contributed by atoms with E-state index in [0.29, 0.717) is 51.0 Å². The Morgan fingerprint density at radius 2 is 1.77 bits per heavy atom. The van der Waals surface area contributed by atoms with Gasteiger partial charge in [-0.15, -0.1) is 0 Å². The molecule has 1 aliphatic heterocycles. The molecular formula is C26H30Cl2F3N3O. The molecule has 9 heteroatoms. The van der Waals surface area contributed by atoms with Gasteiger partial charge in [-0.1, -0.05) is 29.3 Å². The predicted octanol–water partition coefficient (Wildman–Crippen LogP) is 6.78. The lowest BCUT2D eigenvalue weighted by Gasteiger charge is -2.38. The van der Waals surface area contributed by atoms with Crippen LogP contribution in [0.25, 0.3) is 11.0 Å². The average Bonchev–Trinajstić information content (AvgIpc) is 3.08. The first-order chi connectivity index (χ1) is 16.3. The van der Waals surface area contributed by atoms with Crippen molar-refractivity contribution in [3.63, 3.8) is 0 Å². The fourth-order valence-electron chi connectivity index (χ4n) is 4.95. The molecule has 0 radical (unpaired) electrons. The molecule has 3 aromatic rings. The summed E-state index contributed by atoms with van der Waals surface area (Å²) in [4.78, 5) is 6.95. The van der Waals surface area contributed by atoms with E-state index in [-0.39, 0.29) is 5.92 Å². The molecular weight excluding hydrogens is 498 g/mol. The number of imidazole rings is 1. The van der Waals surface area contributed by atoms with Crippen LogP contribution < -0.4 is 0 Å². The number of halogens is 5. The second-order valence-corrected chi connectivity index (χ2v) is 10.9. The van der Waals surface area contributed by atoms with Gasteiger partial charge in [0.2, 0.25) is 0 Å². The fraction of sp³-hybridized carbons (Fsp3) is 0.500. The number of aromatic nitrogens is 2. The molecule has 35 heavy (non-hydrogen) atoms. The van der Waals surface area contributed by atoms with Gasteiger partial charge in [-0.2, -0.15) is 13.2 Å². The summed E-state index contributed by atoms with van der Waals surface area (Å²) in [6, 6.07) is 6.00. The van der Waals surface area contributed by atoms with E-state index in [4.69, 9.17) is 23.2 Å². The van der Waals surface area contributed by atoms with E-state index >= 15 is 0 Å². The average molecular weight is 528 g/mol. The number of rotatable bonds is 5. The number of hydrogen-bond acceptors (Lipinski definition) is 3. The fourth-order valence-corrected chi connectivity index (χ4v) is 5.52. The first kappa shape index (κ1) is 26.3. The molecule has 2 heterocycles. The quantitative estimate of drug-likeness (QED) is 0.397. The van der Waals surface area contributed by atoms with Crippen LogP contribution in [0.5, 0.6) is 0 Å². The molecule has 4 rings (SSSR count). The van der Waals surface area contributed by atoms with E-state index in [9.17, 15) is 18.3 Å². The van der Waals surface area contributed by atoms with E-state index in [2.05, 4.69) is 9.88 Å². The zero-order chi connectivity index (χ0) is 25.7. The summed E-state index contributed by atoms with van der Waals surface area (Å²) < 4.78 is 41.6. The van der Waals surface area contributed by atoms with Crippen LogP contribution in [-0.2, 0) is 26.2 Å². The molecule has 1 N–H and O–H groups in total. The van der Waals surface area contributed by atoms with Gasteiger partial charge in [0.05, 0.1) is 27.2 Å². The molecule has 0 unspecified atom stereocenters. The lowest BCUT2D eigenvalue weighted by atomic mass is 9.83. The van der Waals surface area contributed by atoms with Crippen molar-refractivity contribution in [1.29, 1.82) is 0 Å². The highest BCUT2D eigenvalue weighted by Crippen LogP contribution is 2.36. The van der Waals surface area contributed by atoms with Crippen LogP contribution in [0, 0.1) is 12.8 Å².